The van der Waals surface area contributed by atoms with E-state index in [1.165, 1.54) is 12.4 Å². The molecule has 8 heteroatoms. The Hall–Kier alpha value is -1.47. The van der Waals surface area contributed by atoms with Crippen LogP contribution in [0.15, 0.2) is 17.9 Å². The molecule has 1 aliphatic heterocycles. The van der Waals surface area contributed by atoms with Gasteiger partial charge in [0.05, 0.1) is 0 Å². The van der Waals surface area contributed by atoms with Gasteiger partial charge in [-0.15, -0.1) is 5.47 Å². The van der Waals surface area contributed by atoms with Crippen LogP contribution in [-0.2, 0) is 0 Å². The van der Waals surface area contributed by atoms with Gasteiger partial charge in [0.15, 0.2) is 0 Å². The van der Waals surface area contributed by atoms with Gasteiger partial charge >= 0.3 is 6.98 Å². The Morgan fingerprint density at radius 1 is 1.40 bits per heavy atom. The quantitative estimate of drug-likeness (QED) is 0.760. The highest BCUT2D eigenvalue weighted by Gasteiger charge is 2.30. The van der Waals surface area contributed by atoms with Crippen molar-refractivity contribution in [1.82, 2.24) is 15.2 Å². The van der Waals surface area contributed by atoms with Crippen molar-refractivity contribution in [1.29, 1.82) is 0 Å². The predicted molar refractivity (Wildman–Crippen MR) is 50.4 cm³/mol. The summed E-state index contributed by atoms with van der Waals surface area (Å²) in [5.41, 5.74) is -0.397. The van der Waals surface area contributed by atoms with E-state index in [-0.39, 0.29) is 13.0 Å². The summed E-state index contributed by atoms with van der Waals surface area (Å²) in [6.45, 7) is -4.27. The summed E-state index contributed by atoms with van der Waals surface area (Å²) in [5.74, 6) is 0.514. The Balaban J connectivity index is 2.06. The first-order valence-electron chi connectivity index (χ1n) is 4.56. The van der Waals surface area contributed by atoms with Crippen molar-refractivity contribution >= 4 is 12.9 Å². The minimum Gasteiger partial charge on any atom is -0.445 e. The molecule has 1 N–H and O–H groups in total. The largest absolute Gasteiger partial charge is 0.505 e. The number of H-pyrrole nitrogens is 1. The van der Waals surface area contributed by atoms with Gasteiger partial charge in [-0.3, -0.25) is 0 Å². The van der Waals surface area contributed by atoms with Crippen LogP contribution in [0.4, 0.5) is 18.9 Å². The number of hydrogen-bond acceptors (Lipinski definition) is 3. The highest BCUT2D eigenvalue weighted by molar-refractivity contribution is 6.66. The number of rotatable bonds is 2. The number of aromatic nitrogens is 3. The number of aromatic amines is 1. The molecule has 2 heterocycles. The lowest BCUT2D eigenvalue weighted by atomic mass is 9.76. The molecule has 0 amide bonds. The second-order valence-electron chi connectivity index (χ2n) is 3.36. The fraction of sp³-hybridized carbons (Fsp3) is 0.429. The molecule has 0 fully saturated rings. The normalized spacial score (nSPS) is 17.8. The zero-order valence-corrected chi connectivity index (χ0v) is 7.83. The molecule has 0 saturated carbocycles. The average molecular weight is 217 g/mol. The monoisotopic (exact) mass is 217 g/mol. The van der Waals surface area contributed by atoms with Crippen LogP contribution in [0.3, 0.4) is 0 Å². The number of nitrogens with zero attached hydrogens (tertiary/aromatic N) is 3. The van der Waals surface area contributed by atoms with Gasteiger partial charge in [0.2, 0.25) is 5.95 Å². The van der Waals surface area contributed by atoms with E-state index in [9.17, 15) is 12.9 Å². The van der Waals surface area contributed by atoms with Crippen molar-refractivity contribution < 1.29 is 12.9 Å². The Labute approximate surface area is 84.2 Å². The highest BCUT2D eigenvalue weighted by atomic mass is 19.4. The van der Waals surface area contributed by atoms with Crippen LogP contribution in [0.1, 0.15) is 6.42 Å². The molecule has 0 atom stereocenters. The minimum atomic E-state index is -4.82. The summed E-state index contributed by atoms with van der Waals surface area (Å²) >= 11 is 0. The molecule has 82 valence electrons. The highest BCUT2D eigenvalue weighted by Crippen LogP contribution is 2.26. The van der Waals surface area contributed by atoms with Crippen LogP contribution in [0.5, 0.6) is 0 Å². The minimum absolute atomic E-state index is 0.0181. The van der Waals surface area contributed by atoms with Crippen molar-refractivity contribution in [3.05, 3.63) is 17.9 Å². The van der Waals surface area contributed by atoms with E-state index in [0.717, 1.165) is 0 Å². The molecule has 4 nitrogen and oxygen atoms in total. The summed E-state index contributed by atoms with van der Waals surface area (Å²) < 4.78 is 37.1. The maximum atomic E-state index is 12.4. The second-order valence-corrected chi connectivity index (χ2v) is 3.36. The van der Waals surface area contributed by atoms with E-state index in [1.807, 2.05) is 0 Å². The topological polar surface area (TPSA) is 44.8 Å². The third-order valence-electron chi connectivity index (χ3n) is 2.37. The number of halogens is 3. The van der Waals surface area contributed by atoms with Crippen LogP contribution in [-0.4, -0.2) is 35.2 Å². The fourth-order valence-corrected chi connectivity index (χ4v) is 1.53. The molecule has 1 aliphatic rings. The lowest BCUT2D eigenvalue weighted by molar-refractivity contribution is 0.482. The molecule has 1 aromatic rings. The van der Waals surface area contributed by atoms with Gasteiger partial charge in [0.25, 0.3) is 0 Å². The van der Waals surface area contributed by atoms with E-state index < -0.39 is 12.4 Å². The summed E-state index contributed by atoms with van der Waals surface area (Å²) in [6.07, 6.45) is 2.57. The first-order valence-corrected chi connectivity index (χ1v) is 4.56. The van der Waals surface area contributed by atoms with Gasteiger partial charge in [0, 0.05) is 13.1 Å². The van der Waals surface area contributed by atoms with Gasteiger partial charge in [-0.1, -0.05) is 6.08 Å². The molecular weight excluding hydrogens is 208 g/mol. The molecule has 0 aliphatic carbocycles. The maximum Gasteiger partial charge on any atom is 0.505 e. The standard InChI is InChI=1S/C7H9BF3N4/c9-8(10,11)6-1-3-15(4-2-6)7-12-5-13-14-7/h1,5H,2-4H2,(H,12,13,14)/q-1. The molecule has 0 radical (unpaired) electrons. The van der Waals surface area contributed by atoms with Gasteiger partial charge in [0.1, 0.15) is 6.33 Å². The van der Waals surface area contributed by atoms with Gasteiger partial charge in [-0.2, -0.15) is 10.1 Å². The Bertz CT molecular complexity index is 359. The number of anilines is 1. The van der Waals surface area contributed by atoms with E-state index in [2.05, 4.69) is 15.2 Å². The van der Waals surface area contributed by atoms with E-state index in [4.69, 9.17) is 0 Å². The first kappa shape index (κ1) is 10.1. The zero-order chi connectivity index (χ0) is 10.9. The maximum absolute atomic E-state index is 12.4. The molecule has 0 saturated heterocycles. The Morgan fingerprint density at radius 2 is 2.20 bits per heavy atom. The van der Waals surface area contributed by atoms with Crippen LogP contribution in [0.2, 0.25) is 0 Å². The molecule has 0 bridgehead atoms. The molecule has 0 unspecified atom stereocenters. The first-order chi connectivity index (χ1) is 7.07. The van der Waals surface area contributed by atoms with Crippen LogP contribution < -0.4 is 4.90 Å². The fourth-order valence-electron chi connectivity index (χ4n) is 1.53. The number of nitrogens with one attached hydrogen (secondary N) is 1. The van der Waals surface area contributed by atoms with Crippen LogP contribution in [0, 0.1) is 0 Å². The molecule has 0 aromatic carbocycles. The lowest BCUT2D eigenvalue weighted by Crippen LogP contribution is -2.34. The lowest BCUT2D eigenvalue weighted by Gasteiger charge is -2.30. The summed E-state index contributed by atoms with van der Waals surface area (Å²) in [7, 11) is 0. The third-order valence-corrected chi connectivity index (χ3v) is 2.37. The van der Waals surface area contributed by atoms with Gasteiger partial charge in [-0.05, 0) is 6.42 Å². The molecule has 0 spiro atoms. The average Bonchev–Trinajstić information content (AvgIpc) is 2.69. The van der Waals surface area contributed by atoms with E-state index in [1.54, 1.807) is 4.90 Å². The Morgan fingerprint density at radius 3 is 2.67 bits per heavy atom. The summed E-state index contributed by atoms with van der Waals surface area (Å²) in [6, 6.07) is 0. The summed E-state index contributed by atoms with van der Waals surface area (Å²) in [5, 5.41) is 6.27. The Kier molecular flexibility index (Phi) is 2.41. The summed E-state index contributed by atoms with van der Waals surface area (Å²) in [4.78, 5) is 5.60. The molecule has 2 rings (SSSR count). The smallest absolute Gasteiger partial charge is 0.445 e. The second kappa shape index (κ2) is 3.60. The number of hydrogen-bond donors (Lipinski definition) is 1. The predicted octanol–water partition coefficient (Wildman–Crippen LogP) is 1.33. The van der Waals surface area contributed by atoms with Crippen molar-refractivity contribution in [3.8, 4) is 0 Å². The van der Waals surface area contributed by atoms with Crippen molar-refractivity contribution in [2.75, 3.05) is 18.0 Å². The van der Waals surface area contributed by atoms with Crippen molar-refractivity contribution in [3.63, 3.8) is 0 Å². The van der Waals surface area contributed by atoms with E-state index >= 15 is 0 Å². The van der Waals surface area contributed by atoms with Crippen LogP contribution in [0.25, 0.3) is 0 Å². The van der Waals surface area contributed by atoms with Crippen molar-refractivity contribution in [2.45, 2.75) is 6.42 Å². The SMILES string of the molecule is F[B-](F)(F)C1=CCN(c2ncn[nH]2)CC1. The zero-order valence-electron chi connectivity index (χ0n) is 7.83. The van der Waals surface area contributed by atoms with Gasteiger partial charge in [-0.25, -0.2) is 5.10 Å². The van der Waals surface area contributed by atoms with E-state index in [0.29, 0.717) is 12.5 Å². The third kappa shape index (κ3) is 2.13. The van der Waals surface area contributed by atoms with Gasteiger partial charge < -0.3 is 17.8 Å². The molecule has 15 heavy (non-hydrogen) atoms. The molecular formula is C7H9BF3N4-. The van der Waals surface area contributed by atoms with Crippen LogP contribution >= 0.6 is 0 Å². The molecule has 1 aromatic heterocycles. The van der Waals surface area contributed by atoms with Crippen molar-refractivity contribution in [2.24, 2.45) is 0 Å².